The molecule has 0 spiro atoms. The van der Waals surface area contributed by atoms with Gasteiger partial charge < -0.3 is 14.9 Å². The van der Waals surface area contributed by atoms with E-state index in [0.717, 1.165) is 24.8 Å². The average molecular weight is 475 g/mol. The van der Waals surface area contributed by atoms with E-state index < -0.39 is 11.4 Å². The number of phenolic OH excluding ortho intramolecular Hbond substituents is 2. The van der Waals surface area contributed by atoms with Gasteiger partial charge in [0.05, 0.1) is 11.1 Å². The molecule has 0 saturated carbocycles. The maximum absolute atomic E-state index is 12.1. The van der Waals surface area contributed by atoms with Crippen LogP contribution in [-0.4, -0.2) is 28.4 Å². The van der Waals surface area contributed by atoms with Crippen molar-refractivity contribution in [3.8, 4) is 17.2 Å². The zero-order valence-electron chi connectivity index (χ0n) is 20.9. The van der Waals surface area contributed by atoms with Crippen LogP contribution in [-0.2, 0) is 0 Å². The SMILES string of the molecule is C/C1=C\CC(C)(C)/C=C/C[C@@]2(C)Oc3c(C=O)c(O)c(C=O)c(O)c3[C@@H](c3ccccc3)[C@@H]2CC1. The Bertz CT molecular complexity index is 1190. The Morgan fingerprint density at radius 2 is 1.66 bits per heavy atom. The summed E-state index contributed by atoms with van der Waals surface area (Å²) >= 11 is 0. The minimum absolute atomic E-state index is 0.00772. The number of ether oxygens (including phenoxy) is 1. The largest absolute Gasteiger partial charge is 0.507 e. The van der Waals surface area contributed by atoms with Gasteiger partial charge in [0.2, 0.25) is 0 Å². The summed E-state index contributed by atoms with van der Waals surface area (Å²) in [6, 6.07) is 9.82. The molecule has 0 fully saturated rings. The molecule has 5 nitrogen and oxygen atoms in total. The molecule has 0 unspecified atom stereocenters. The lowest BCUT2D eigenvalue weighted by Gasteiger charge is -2.48. The monoisotopic (exact) mass is 474 g/mol. The Morgan fingerprint density at radius 3 is 2.31 bits per heavy atom. The van der Waals surface area contributed by atoms with Crippen LogP contribution in [0.25, 0.3) is 0 Å². The van der Waals surface area contributed by atoms with Crippen LogP contribution in [0.15, 0.2) is 54.1 Å². The Labute approximate surface area is 207 Å². The highest BCUT2D eigenvalue weighted by atomic mass is 16.5. The lowest BCUT2D eigenvalue weighted by atomic mass is 9.66. The molecule has 1 aliphatic carbocycles. The number of hydrogen-bond donors (Lipinski definition) is 2. The standard InChI is InChI=1S/C30H34O5/c1-19-11-12-23-24(20-9-6-5-7-10-20)25-27(34)21(17-31)26(33)22(18-32)28(25)35-30(23,4)15-8-14-29(2,3)16-13-19/h5-10,13-14,17-18,23-24,33-34H,11-12,15-16H2,1-4H3/b14-8+,19-13+/t23-,24-,30+/m0/s1. The molecule has 2 aromatic carbocycles. The first-order chi connectivity index (χ1) is 16.6. The van der Waals surface area contributed by atoms with E-state index in [1.807, 2.05) is 37.3 Å². The number of carbonyl (C=O) groups excluding carboxylic acids is 2. The fourth-order valence-electron chi connectivity index (χ4n) is 5.57. The van der Waals surface area contributed by atoms with Crippen molar-refractivity contribution in [2.45, 2.75) is 64.9 Å². The minimum Gasteiger partial charge on any atom is -0.507 e. The van der Waals surface area contributed by atoms with Gasteiger partial charge >= 0.3 is 0 Å². The first kappa shape index (κ1) is 24.8. The highest BCUT2D eigenvalue weighted by Crippen LogP contribution is 2.57. The second kappa shape index (κ2) is 9.37. The number of fused-ring (bicyclic) bond motifs is 2. The normalized spacial score (nSPS) is 28.2. The van der Waals surface area contributed by atoms with E-state index in [0.29, 0.717) is 24.6 Å². The van der Waals surface area contributed by atoms with Crippen molar-refractivity contribution in [2.24, 2.45) is 11.3 Å². The first-order valence-electron chi connectivity index (χ1n) is 12.2. The number of allylic oxidation sites excluding steroid dienone is 3. The molecule has 0 bridgehead atoms. The predicted molar refractivity (Wildman–Crippen MR) is 137 cm³/mol. The quantitative estimate of drug-likeness (QED) is 0.381. The number of rotatable bonds is 3. The fraction of sp³-hybridized carbons (Fsp3) is 0.400. The summed E-state index contributed by atoms with van der Waals surface area (Å²) in [5.41, 5.74) is 1.54. The van der Waals surface area contributed by atoms with Gasteiger partial charge in [0.1, 0.15) is 22.8 Å². The van der Waals surface area contributed by atoms with Crippen molar-refractivity contribution in [1.82, 2.24) is 0 Å². The molecule has 4 rings (SSSR count). The maximum Gasteiger partial charge on any atom is 0.157 e. The van der Waals surface area contributed by atoms with E-state index in [1.54, 1.807) is 0 Å². The van der Waals surface area contributed by atoms with Crippen molar-refractivity contribution in [2.75, 3.05) is 0 Å². The molecule has 2 N–H and O–H groups in total. The maximum atomic E-state index is 12.1. The van der Waals surface area contributed by atoms with E-state index in [1.165, 1.54) is 5.57 Å². The molecule has 3 atom stereocenters. The molecule has 0 radical (unpaired) electrons. The Morgan fingerprint density at radius 1 is 0.971 bits per heavy atom. The number of hydrogen-bond acceptors (Lipinski definition) is 5. The molecule has 2 aliphatic rings. The van der Waals surface area contributed by atoms with Gasteiger partial charge in [0.15, 0.2) is 12.6 Å². The summed E-state index contributed by atoms with van der Waals surface area (Å²) in [7, 11) is 0. The van der Waals surface area contributed by atoms with Crippen LogP contribution in [0.4, 0.5) is 0 Å². The van der Waals surface area contributed by atoms with Crippen LogP contribution < -0.4 is 4.74 Å². The van der Waals surface area contributed by atoms with Crippen LogP contribution in [0, 0.1) is 11.3 Å². The Balaban J connectivity index is 2.01. The molecule has 2 aromatic rings. The van der Waals surface area contributed by atoms with E-state index in [9.17, 15) is 19.8 Å². The summed E-state index contributed by atoms with van der Waals surface area (Å²) < 4.78 is 6.60. The van der Waals surface area contributed by atoms with E-state index in [4.69, 9.17) is 4.74 Å². The number of aldehydes is 2. The van der Waals surface area contributed by atoms with E-state index in [2.05, 4.69) is 39.0 Å². The molecule has 5 heteroatoms. The number of aromatic hydroxyl groups is 2. The van der Waals surface area contributed by atoms with Crippen LogP contribution in [0.1, 0.15) is 91.1 Å². The molecule has 35 heavy (non-hydrogen) atoms. The van der Waals surface area contributed by atoms with Gasteiger partial charge in [-0.3, -0.25) is 9.59 Å². The smallest absolute Gasteiger partial charge is 0.157 e. The van der Waals surface area contributed by atoms with Crippen molar-refractivity contribution in [3.05, 3.63) is 76.4 Å². The van der Waals surface area contributed by atoms with Gasteiger partial charge in [-0.15, -0.1) is 0 Å². The van der Waals surface area contributed by atoms with E-state index in [-0.39, 0.29) is 39.9 Å². The highest BCUT2D eigenvalue weighted by Gasteiger charge is 2.49. The van der Waals surface area contributed by atoms with Crippen molar-refractivity contribution >= 4 is 12.6 Å². The molecule has 0 saturated heterocycles. The van der Waals surface area contributed by atoms with Crippen LogP contribution in [0.5, 0.6) is 17.2 Å². The van der Waals surface area contributed by atoms with Gasteiger partial charge in [-0.2, -0.15) is 0 Å². The van der Waals surface area contributed by atoms with Gasteiger partial charge in [0.25, 0.3) is 0 Å². The molecular formula is C30H34O5. The van der Waals surface area contributed by atoms with Gasteiger partial charge in [-0.25, -0.2) is 0 Å². The summed E-state index contributed by atoms with van der Waals surface area (Å²) in [4.78, 5) is 23.9. The number of carbonyl (C=O) groups is 2. The van der Waals surface area contributed by atoms with Crippen molar-refractivity contribution < 1.29 is 24.5 Å². The second-order valence-electron chi connectivity index (χ2n) is 10.8. The Hall–Kier alpha value is -3.34. The lowest BCUT2D eigenvalue weighted by molar-refractivity contribution is -0.00275. The predicted octanol–water partition coefficient (Wildman–Crippen LogP) is 6.72. The molecular weight excluding hydrogens is 440 g/mol. The van der Waals surface area contributed by atoms with Crippen molar-refractivity contribution in [1.29, 1.82) is 0 Å². The van der Waals surface area contributed by atoms with Crippen LogP contribution >= 0.6 is 0 Å². The van der Waals surface area contributed by atoms with E-state index >= 15 is 0 Å². The third kappa shape index (κ3) is 4.52. The summed E-state index contributed by atoms with van der Waals surface area (Å²) in [5, 5.41) is 21.9. The topological polar surface area (TPSA) is 83.8 Å². The summed E-state index contributed by atoms with van der Waals surface area (Å²) in [6.07, 6.45) is 10.7. The molecule has 1 heterocycles. The molecule has 0 aromatic heterocycles. The number of phenols is 2. The zero-order valence-corrected chi connectivity index (χ0v) is 20.9. The highest BCUT2D eigenvalue weighted by molar-refractivity contribution is 5.95. The van der Waals surface area contributed by atoms with Gasteiger partial charge in [-0.1, -0.05) is 68.0 Å². The van der Waals surface area contributed by atoms with Crippen molar-refractivity contribution in [3.63, 3.8) is 0 Å². The fourth-order valence-corrected chi connectivity index (χ4v) is 5.57. The third-order valence-electron chi connectivity index (χ3n) is 7.66. The van der Waals surface area contributed by atoms with Gasteiger partial charge in [0, 0.05) is 23.8 Å². The lowest BCUT2D eigenvalue weighted by Crippen LogP contribution is -2.47. The molecule has 0 amide bonds. The second-order valence-corrected chi connectivity index (χ2v) is 10.8. The minimum atomic E-state index is -0.718. The van der Waals surface area contributed by atoms with Gasteiger partial charge in [-0.05, 0) is 44.1 Å². The summed E-state index contributed by atoms with van der Waals surface area (Å²) in [5.74, 6) is -1.12. The summed E-state index contributed by atoms with van der Waals surface area (Å²) in [6.45, 7) is 8.60. The van der Waals surface area contributed by atoms with Crippen LogP contribution in [0.2, 0.25) is 0 Å². The molecule has 184 valence electrons. The number of benzene rings is 2. The Kier molecular flexibility index (Phi) is 6.63. The third-order valence-corrected chi connectivity index (χ3v) is 7.66. The van der Waals surface area contributed by atoms with Crippen LogP contribution in [0.3, 0.4) is 0 Å². The average Bonchev–Trinajstić information content (AvgIpc) is 2.83. The first-order valence-corrected chi connectivity index (χ1v) is 12.2. The zero-order chi connectivity index (χ0) is 25.4. The molecule has 1 aliphatic heterocycles.